The monoisotopic (exact) mass is 582 g/mol. The van der Waals surface area contributed by atoms with E-state index in [0.29, 0.717) is 51.7 Å². The van der Waals surface area contributed by atoms with Crippen molar-refractivity contribution in [2.75, 3.05) is 0 Å². The summed E-state index contributed by atoms with van der Waals surface area (Å²) in [5, 5.41) is 12.4. The Labute approximate surface area is 245 Å². The largest absolute Gasteiger partial charge is 0.383 e. The third-order valence-corrected chi connectivity index (χ3v) is 7.23. The molecule has 4 N–H and O–H groups in total. The number of H-pyrrole nitrogens is 1. The maximum absolute atomic E-state index is 13.2. The van der Waals surface area contributed by atoms with Crippen LogP contribution in [0.1, 0.15) is 34.1 Å². The van der Waals surface area contributed by atoms with E-state index in [-0.39, 0.29) is 5.91 Å². The van der Waals surface area contributed by atoms with Gasteiger partial charge in [-0.1, -0.05) is 65.7 Å². The summed E-state index contributed by atoms with van der Waals surface area (Å²) in [5.41, 5.74) is 11.8. The fourth-order valence-electron chi connectivity index (χ4n) is 4.73. The van der Waals surface area contributed by atoms with Crippen molar-refractivity contribution in [1.82, 2.24) is 30.3 Å². The van der Waals surface area contributed by atoms with Gasteiger partial charge in [0.2, 0.25) is 5.91 Å². The lowest BCUT2D eigenvalue weighted by atomic mass is 10.0. The molecule has 2 aromatic heterocycles. The minimum absolute atomic E-state index is 0.315. The maximum Gasteiger partial charge on any atom is 0.244 e. The van der Waals surface area contributed by atoms with E-state index < -0.39 is 6.04 Å². The number of hydrogen-bond donors (Lipinski definition) is 3. The molecule has 9 nitrogen and oxygen atoms in total. The summed E-state index contributed by atoms with van der Waals surface area (Å²) in [5.74, 6) is 0.755. The number of aliphatic imine (C=N–C) groups is 1. The number of halogens is 2. The zero-order chi connectivity index (χ0) is 28.3. The van der Waals surface area contributed by atoms with Crippen LogP contribution in [-0.2, 0) is 17.8 Å². The van der Waals surface area contributed by atoms with Crippen LogP contribution >= 0.6 is 23.2 Å². The highest BCUT2D eigenvalue weighted by Gasteiger charge is 2.22. The van der Waals surface area contributed by atoms with Crippen LogP contribution in [0, 0.1) is 0 Å². The average molecular weight is 583 g/mol. The molecule has 6 rings (SSSR count). The molecule has 0 saturated carbocycles. The Kier molecular flexibility index (Phi) is 7.37. The van der Waals surface area contributed by atoms with E-state index in [1.807, 2.05) is 48.5 Å². The quantitative estimate of drug-likeness (QED) is 0.214. The second-order valence-corrected chi connectivity index (χ2v) is 10.3. The number of rotatable bonds is 8. The molecule has 11 heteroatoms. The topological polar surface area (TPSA) is 127 Å². The standard InChI is InChI=1S/C30H24Cl2N8O/c31-22-8-10-25(40-35-12-13-36-40)19(16-22)7-11-26(41)37-24(14-18-4-2-1-3-5-18)30-38-27(28(32)39-30)20-6-9-23-21(15-20)17-34-29(23)33/h1-13,15-16,24H,14,17H2,(H2,33,34)(H,37,41)(H,38,39)/b11-7+/t24-/m0/s1. The zero-order valence-corrected chi connectivity index (χ0v) is 23.1. The summed E-state index contributed by atoms with van der Waals surface area (Å²) >= 11 is 12.9. The predicted molar refractivity (Wildman–Crippen MR) is 160 cm³/mol. The molecular weight excluding hydrogens is 559 g/mol. The van der Waals surface area contributed by atoms with Gasteiger partial charge < -0.3 is 16.0 Å². The number of carbonyl (C=O) groups excluding carboxylic acids is 1. The van der Waals surface area contributed by atoms with Crippen LogP contribution in [0.5, 0.6) is 0 Å². The van der Waals surface area contributed by atoms with Crippen molar-refractivity contribution in [1.29, 1.82) is 0 Å². The van der Waals surface area contributed by atoms with Gasteiger partial charge in [0.15, 0.2) is 0 Å². The summed E-state index contributed by atoms with van der Waals surface area (Å²) in [6, 6.07) is 20.5. The first-order valence-corrected chi connectivity index (χ1v) is 13.6. The summed E-state index contributed by atoms with van der Waals surface area (Å²) in [6.07, 6.45) is 6.79. The molecule has 0 unspecified atom stereocenters. The number of nitrogens with one attached hydrogen (secondary N) is 2. The summed E-state index contributed by atoms with van der Waals surface area (Å²) in [6.45, 7) is 0.522. The fraction of sp³-hybridized carbons (Fsp3) is 0.100. The van der Waals surface area contributed by atoms with E-state index in [4.69, 9.17) is 33.9 Å². The second kappa shape index (κ2) is 11.4. The van der Waals surface area contributed by atoms with Gasteiger partial charge in [0.25, 0.3) is 0 Å². The first-order chi connectivity index (χ1) is 19.9. The maximum atomic E-state index is 13.2. The number of imidazole rings is 1. The Hall–Kier alpha value is -4.73. The van der Waals surface area contributed by atoms with E-state index in [1.165, 1.54) is 10.9 Å². The van der Waals surface area contributed by atoms with Gasteiger partial charge >= 0.3 is 0 Å². The number of aromatic amines is 1. The normalized spacial score (nSPS) is 13.3. The van der Waals surface area contributed by atoms with E-state index in [0.717, 1.165) is 22.3 Å². The van der Waals surface area contributed by atoms with Crippen LogP contribution in [0.15, 0.2) is 90.2 Å². The smallest absolute Gasteiger partial charge is 0.244 e. The second-order valence-electron chi connectivity index (χ2n) is 9.46. The van der Waals surface area contributed by atoms with Crippen molar-refractivity contribution in [2.24, 2.45) is 10.7 Å². The van der Waals surface area contributed by atoms with Gasteiger partial charge in [-0.3, -0.25) is 9.79 Å². The fourth-order valence-corrected chi connectivity index (χ4v) is 5.16. The SMILES string of the molecule is NC1=NCc2cc(-c3nc([C@H](Cc4ccccc4)NC(=O)/C=C/c4cc(Cl)ccc4-n4nccn4)[nH]c3Cl)ccc21. The number of nitrogens with two attached hydrogens (primary N) is 1. The van der Waals surface area contributed by atoms with Crippen LogP contribution < -0.4 is 11.1 Å². The molecule has 0 spiro atoms. The number of nitrogens with zero attached hydrogens (tertiary/aromatic N) is 5. The third kappa shape index (κ3) is 5.77. The molecule has 5 aromatic rings. The number of benzene rings is 3. The van der Waals surface area contributed by atoms with Crippen molar-refractivity contribution >= 4 is 41.0 Å². The molecule has 0 saturated heterocycles. The average Bonchev–Trinajstić information content (AvgIpc) is 3.73. The summed E-state index contributed by atoms with van der Waals surface area (Å²) < 4.78 is 0. The molecule has 1 amide bonds. The van der Waals surface area contributed by atoms with E-state index in [9.17, 15) is 4.79 Å². The van der Waals surface area contributed by atoms with Crippen LogP contribution in [0.25, 0.3) is 23.0 Å². The first kappa shape index (κ1) is 26.5. The van der Waals surface area contributed by atoms with E-state index in [2.05, 4.69) is 25.5 Å². The Morgan fingerprint density at radius 1 is 1.07 bits per heavy atom. The zero-order valence-electron chi connectivity index (χ0n) is 21.6. The molecule has 3 heterocycles. The number of amidine groups is 1. The predicted octanol–water partition coefficient (Wildman–Crippen LogP) is 5.30. The third-order valence-electron chi connectivity index (χ3n) is 6.72. The highest BCUT2D eigenvalue weighted by Crippen LogP contribution is 2.31. The molecule has 0 bridgehead atoms. The number of amides is 1. The molecule has 0 fully saturated rings. The first-order valence-electron chi connectivity index (χ1n) is 12.8. The highest BCUT2D eigenvalue weighted by atomic mass is 35.5. The lowest BCUT2D eigenvalue weighted by Gasteiger charge is -2.16. The van der Waals surface area contributed by atoms with Crippen LogP contribution in [-0.4, -0.2) is 36.7 Å². The Balaban J connectivity index is 1.28. The molecule has 1 aliphatic rings. The lowest BCUT2D eigenvalue weighted by Crippen LogP contribution is -2.29. The Bertz CT molecular complexity index is 1780. The molecule has 0 aliphatic carbocycles. The van der Waals surface area contributed by atoms with Gasteiger partial charge in [-0.2, -0.15) is 15.0 Å². The van der Waals surface area contributed by atoms with Gasteiger partial charge in [0.05, 0.1) is 30.7 Å². The van der Waals surface area contributed by atoms with E-state index in [1.54, 1.807) is 36.7 Å². The van der Waals surface area contributed by atoms with Crippen molar-refractivity contribution in [3.8, 4) is 16.9 Å². The van der Waals surface area contributed by atoms with Gasteiger partial charge in [0.1, 0.15) is 22.5 Å². The molecule has 3 aromatic carbocycles. The Morgan fingerprint density at radius 2 is 1.88 bits per heavy atom. The molecule has 41 heavy (non-hydrogen) atoms. The number of fused-ring (bicyclic) bond motifs is 1. The van der Waals surface area contributed by atoms with Crippen molar-refractivity contribution < 1.29 is 4.79 Å². The van der Waals surface area contributed by atoms with Crippen molar-refractivity contribution in [3.63, 3.8) is 0 Å². The number of hydrogen-bond acceptors (Lipinski definition) is 6. The summed E-state index contributed by atoms with van der Waals surface area (Å²) in [7, 11) is 0. The van der Waals surface area contributed by atoms with Gasteiger partial charge in [-0.15, -0.1) is 0 Å². The molecular formula is C30H24Cl2N8O. The van der Waals surface area contributed by atoms with Gasteiger partial charge in [-0.25, -0.2) is 4.98 Å². The number of carbonyl (C=O) groups is 1. The van der Waals surface area contributed by atoms with E-state index >= 15 is 0 Å². The minimum Gasteiger partial charge on any atom is -0.383 e. The molecule has 0 radical (unpaired) electrons. The summed E-state index contributed by atoms with van der Waals surface area (Å²) in [4.78, 5) is 27.0. The van der Waals surface area contributed by atoms with Crippen molar-refractivity contribution in [2.45, 2.75) is 19.0 Å². The molecule has 1 atom stereocenters. The minimum atomic E-state index is -0.485. The van der Waals surface area contributed by atoms with Gasteiger partial charge in [-0.05, 0) is 47.9 Å². The van der Waals surface area contributed by atoms with Gasteiger partial charge in [0, 0.05) is 27.8 Å². The highest BCUT2D eigenvalue weighted by molar-refractivity contribution is 6.32. The molecule has 204 valence electrons. The number of aromatic nitrogens is 5. The Morgan fingerprint density at radius 3 is 2.68 bits per heavy atom. The van der Waals surface area contributed by atoms with Crippen molar-refractivity contribution in [3.05, 3.63) is 123 Å². The van der Waals surface area contributed by atoms with Crippen LogP contribution in [0.2, 0.25) is 10.2 Å². The van der Waals surface area contributed by atoms with Crippen LogP contribution in [0.4, 0.5) is 0 Å². The lowest BCUT2D eigenvalue weighted by molar-refractivity contribution is -0.117. The van der Waals surface area contributed by atoms with Crippen LogP contribution in [0.3, 0.4) is 0 Å². The molecule has 1 aliphatic heterocycles.